The van der Waals surface area contributed by atoms with Crippen LogP contribution in [0.25, 0.3) is 21.9 Å². The Hall–Kier alpha value is -2.16. The SMILES string of the molecule is Cc1cc(O)c2c(c1)oc1cc(C)cc(O)c12. The van der Waals surface area contributed by atoms with E-state index in [0.29, 0.717) is 21.9 Å². The van der Waals surface area contributed by atoms with Gasteiger partial charge >= 0.3 is 0 Å². The number of phenols is 2. The molecule has 0 saturated carbocycles. The van der Waals surface area contributed by atoms with Crippen LogP contribution in [-0.2, 0) is 0 Å². The number of phenolic OH excluding ortho intramolecular Hbond substituents is 2. The third-order valence-electron chi connectivity index (χ3n) is 2.92. The van der Waals surface area contributed by atoms with Crippen LogP contribution in [-0.4, -0.2) is 10.2 Å². The molecule has 0 aliphatic heterocycles. The van der Waals surface area contributed by atoms with Crippen molar-refractivity contribution in [2.45, 2.75) is 13.8 Å². The van der Waals surface area contributed by atoms with E-state index in [9.17, 15) is 10.2 Å². The summed E-state index contributed by atoms with van der Waals surface area (Å²) in [4.78, 5) is 0. The Bertz CT molecular complexity index is 676. The van der Waals surface area contributed by atoms with Crippen molar-refractivity contribution in [3.63, 3.8) is 0 Å². The maximum Gasteiger partial charge on any atom is 0.139 e. The quantitative estimate of drug-likeness (QED) is 0.618. The third kappa shape index (κ3) is 1.35. The summed E-state index contributed by atoms with van der Waals surface area (Å²) >= 11 is 0. The van der Waals surface area contributed by atoms with Crippen molar-refractivity contribution in [3.05, 3.63) is 35.4 Å². The van der Waals surface area contributed by atoms with Crippen LogP contribution in [0.2, 0.25) is 0 Å². The zero-order valence-electron chi connectivity index (χ0n) is 9.61. The minimum Gasteiger partial charge on any atom is -0.507 e. The van der Waals surface area contributed by atoms with Gasteiger partial charge in [0.2, 0.25) is 0 Å². The van der Waals surface area contributed by atoms with E-state index in [-0.39, 0.29) is 11.5 Å². The predicted octanol–water partition coefficient (Wildman–Crippen LogP) is 3.61. The lowest BCUT2D eigenvalue weighted by Crippen LogP contribution is -1.75. The molecule has 0 atom stereocenters. The van der Waals surface area contributed by atoms with Gasteiger partial charge in [0, 0.05) is 0 Å². The van der Waals surface area contributed by atoms with E-state index < -0.39 is 0 Å². The molecule has 0 spiro atoms. The molecule has 2 aromatic carbocycles. The first-order valence-corrected chi connectivity index (χ1v) is 5.41. The maximum absolute atomic E-state index is 9.96. The summed E-state index contributed by atoms with van der Waals surface area (Å²) in [5.41, 5.74) is 3.03. The summed E-state index contributed by atoms with van der Waals surface area (Å²) in [6.45, 7) is 3.77. The van der Waals surface area contributed by atoms with Crippen LogP contribution in [0.3, 0.4) is 0 Å². The number of benzene rings is 2. The average Bonchev–Trinajstić information content (AvgIpc) is 2.55. The number of rotatable bonds is 0. The van der Waals surface area contributed by atoms with Gasteiger partial charge in [0.25, 0.3) is 0 Å². The molecule has 0 fully saturated rings. The van der Waals surface area contributed by atoms with E-state index in [2.05, 4.69) is 0 Å². The molecular formula is C14H12O3. The second-order valence-corrected chi connectivity index (χ2v) is 4.42. The molecule has 0 aliphatic carbocycles. The van der Waals surface area contributed by atoms with Crippen molar-refractivity contribution in [1.82, 2.24) is 0 Å². The number of hydrogen-bond donors (Lipinski definition) is 2. The van der Waals surface area contributed by atoms with Crippen LogP contribution in [0.1, 0.15) is 11.1 Å². The topological polar surface area (TPSA) is 53.6 Å². The summed E-state index contributed by atoms with van der Waals surface area (Å²) in [6.07, 6.45) is 0. The van der Waals surface area contributed by atoms with Gasteiger partial charge in [0.15, 0.2) is 0 Å². The molecule has 0 saturated heterocycles. The number of aromatic hydroxyl groups is 2. The zero-order chi connectivity index (χ0) is 12.2. The Kier molecular flexibility index (Phi) is 1.87. The number of furan rings is 1. The molecule has 0 amide bonds. The monoisotopic (exact) mass is 228 g/mol. The van der Waals surface area contributed by atoms with E-state index in [1.807, 2.05) is 26.0 Å². The third-order valence-corrected chi connectivity index (χ3v) is 2.92. The smallest absolute Gasteiger partial charge is 0.139 e. The van der Waals surface area contributed by atoms with Crippen LogP contribution >= 0.6 is 0 Å². The highest BCUT2D eigenvalue weighted by Crippen LogP contribution is 2.40. The Morgan fingerprint density at radius 3 is 1.59 bits per heavy atom. The molecule has 0 radical (unpaired) electrons. The summed E-state index contributed by atoms with van der Waals surface area (Å²) in [5, 5.41) is 21.1. The minimum absolute atomic E-state index is 0.137. The summed E-state index contributed by atoms with van der Waals surface area (Å²) in [5.74, 6) is 0.274. The minimum atomic E-state index is 0.137. The van der Waals surface area contributed by atoms with Gasteiger partial charge in [-0.15, -0.1) is 0 Å². The molecule has 3 nitrogen and oxygen atoms in total. The normalized spacial score (nSPS) is 11.4. The van der Waals surface area contributed by atoms with Crippen molar-refractivity contribution in [2.24, 2.45) is 0 Å². The largest absolute Gasteiger partial charge is 0.507 e. The van der Waals surface area contributed by atoms with Gasteiger partial charge in [-0.05, 0) is 49.2 Å². The van der Waals surface area contributed by atoms with Crippen molar-refractivity contribution in [3.8, 4) is 11.5 Å². The van der Waals surface area contributed by atoms with Gasteiger partial charge in [-0.3, -0.25) is 0 Å². The van der Waals surface area contributed by atoms with Crippen LogP contribution in [0.15, 0.2) is 28.7 Å². The molecule has 1 heterocycles. The molecule has 17 heavy (non-hydrogen) atoms. The average molecular weight is 228 g/mol. The number of fused-ring (bicyclic) bond motifs is 3. The second kappa shape index (κ2) is 3.17. The first-order valence-electron chi connectivity index (χ1n) is 5.41. The number of aryl methyl sites for hydroxylation is 2. The molecule has 3 heteroatoms. The fourth-order valence-electron chi connectivity index (χ4n) is 2.25. The van der Waals surface area contributed by atoms with Crippen molar-refractivity contribution >= 4 is 21.9 Å². The van der Waals surface area contributed by atoms with E-state index in [4.69, 9.17) is 4.42 Å². The zero-order valence-corrected chi connectivity index (χ0v) is 9.61. The molecule has 3 aromatic rings. The Morgan fingerprint density at radius 1 is 0.765 bits per heavy atom. The van der Waals surface area contributed by atoms with E-state index >= 15 is 0 Å². The first-order chi connectivity index (χ1) is 8.06. The summed E-state index contributed by atoms with van der Waals surface area (Å²) in [7, 11) is 0. The lowest BCUT2D eigenvalue weighted by atomic mass is 10.1. The van der Waals surface area contributed by atoms with Gasteiger partial charge in [0.05, 0.1) is 10.8 Å². The fraction of sp³-hybridized carbons (Fsp3) is 0.143. The lowest BCUT2D eigenvalue weighted by Gasteiger charge is -1.99. The van der Waals surface area contributed by atoms with Gasteiger partial charge < -0.3 is 14.6 Å². The van der Waals surface area contributed by atoms with E-state index in [1.165, 1.54) is 0 Å². The van der Waals surface area contributed by atoms with Gasteiger partial charge in [0.1, 0.15) is 22.7 Å². The highest BCUT2D eigenvalue weighted by Gasteiger charge is 2.15. The molecule has 2 N–H and O–H groups in total. The van der Waals surface area contributed by atoms with E-state index in [1.54, 1.807) is 12.1 Å². The Labute approximate surface area is 97.9 Å². The Morgan fingerprint density at radius 2 is 1.18 bits per heavy atom. The highest BCUT2D eigenvalue weighted by atomic mass is 16.3. The maximum atomic E-state index is 9.96. The molecule has 1 aromatic heterocycles. The molecule has 0 aliphatic rings. The fourth-order valence-corrected chi connectivity index (χ4v) is 2.25. The lowest BCUT2D eigenvalue weighted by molar-refractivity contribution is 0.477. The first kappa shape index (κ1) is 10.0. The van der Waals surface area contributed by atoms with Crippen LogP contribution in [0.5, 0.6) is 11.5 Å². The standard InChI is InChI=1S/C14H12O3/c1-7-3-9(15)13-11(5-7)17-12-6-8(2)4-10(16)14(12)13/h3-6,15-16H,1-2H3. The van der Waals surface area contributed by atoms with E-state index in [0.717, 1.165) is 11.1 Å². The van der Waals surface area contributed by atoms with Crippen molar-refractivity contribution < 1.29 is 14.6 Å². The molecule has 0 unspecified atom stereocenters. The summed E-state index contributed by atoms with van der Waals surface area (Å²) in [6, 6.07) is 7.03. The number of hydrogen-bond acceptors (Lipinski definition) is 3. The second-order valence-electron chi connectivity index (χ2n) is 4.42. The molecular weight excluding hydrogens is 216 g/mol. The molecule has 0 bridgehead atoms. The van der Waals surface area contributed by atoms with Gasteiger partial charge in [-0.25, -0.2) is 0 Å². The van der Waals surface area contributed by atoms with Crippen molar-refractivity contribution in [1.29, 1.82) is 0 Å². The highest BCUT2D eigenvalue weighted by molar-refractivity contribution is 6.11. The van der Waals surface area contributed by atoms with Crippen LogP contribution in [0.4, 0.5) is 0 Å². The predicted molar refractivity (Wildman–Crippen MR) is 66.5 cm³/mol. The summed E-state index contributed by atoms with van der Waals surface area (Å²) < 4.78 is 5.66. The van der Waals surface area contributed by atoms with Gasteiger partial charge in [-0.1, -0.05) is 0 Å². The molecule has 3 rings (SSSR count). The molecule has 86 valence electrons. The van der Waals surface area contributed by atoms with Crippen molar-refractivity contribution in [2.75, 3.05) is 0 Å². The van der Waals surface area contributed by atoms with Crippen LogP contribution < -0.4 is 0 Å². The van der Waals surface area contributed by atoms with Crippen LogP contribution in [0, 0.1) is 13.8 Å². The van der Waals surface area contributed by atoms with Gasteiger partial charge in [-0.2, -0.15) is 0 Å². The Balaban J connectivity index is 2.60.